The van der Waals surface area contributed by atoms with E-state index < -0.39 is 12.1 Å². The summed E-state index contributed by atoms with van der Waals surface area (Å²) in [5.74, 6) is -0.0252. The largest absolute Gasteiger partial charge is 0.394 e. The Labute approximate surface area is 152 Å². The average Bonchev–Trinajstić information content (AvgIpc) is 2.91. The fraction of sp³-hybridized carbons (Fsp3) is 0.444. The zero-order chi connectivity index (χ0) is 18.0. The number of amides is 1. The Kier molecular flexibility index (Phi) is 5.42. The SMILES string of the molecule is Cc1nn(C)cc1CC(=O)N1CCO[C@@H](CO)[C@@H]1c1ccccc1Cl. The van der Waals surface area contributed by atoms with Crippen molar-refractivity contribution in [1.82, 2.24) is 14.7 Å². The number of hydrogen-bond donors (Lipinski definition) is 1. The number of aliphatic hydroxyl groups excluding tert-OH is 1. The second kappa shape index (κ2) is 7.56. The molecule has 1 amide bonds. The molecule has 1 saturated heterocycles. The molecule has 0 saturated carbocycles. The Morgan fingerprint density at radius 2 is 2.20 bits per heavy atom. The van der Waals surface area contributed by atoms with E-state index in [0.29, 0.717) is 18.2 Å². The first kappa shape index (κ1) is 17.9. The van der Waals surface area contributed by atoms with Gasteiger partial charge in [0.2, 0.25) is 5.91 Å². The van der Waals surface area contributed by atoms with Crippen LogP contribution in [-0.4, -0.2) is 51.6 Å². The van der Waals surface area contributed by atoms with Gasteiger partial charge in [-0.05, 0) is 18.6 Å². The van der Waals surface area contributed by atoms with Crippen molar-refractivity contribution in [3.8, 4) is 0 Å². The zero-order valence-corrected chi connectivity index (χ0v) is 15.1. The number of aliphatic hydroxyl groups is 1. The Morgan fingerprint density at radius 1 is 1.44 bits per heavy atom. The smallest absolute Gasteiger partial charge is 0.227 e. The number of morpholine rings is 1. The molecule has 0 radical (unpaired) electrons. The lowest BCUT2D eigenvalue weighted by Gasteiger charge is -2.41. The standard InChI is InChI=1S/C18H22ClN3O3/c1-12-13(10-21(2)20-12)9-17(24)22-7-8-25-16(11-23)18(22)14-5-3-4-6-15(14)19/h3-6,10,16,18,23H,7-9,11H2,1-2H3/t16-,18-/m0/s1. The van der Waals surface area contributed by atoms with Crippen molar-refractivity contribution < 1.29 is 14.6 Å². The fourth-order valence-electron chi connectivity index (χ4n) is 3.34. The van der Waals surface area contributed by atoms with Crippen LogP contribution in [0.2, 0.25) is 5.02 Å². The van der Waals surface area contributed by atoms with Crippen molar-refractivity contribution in [2.45, 2.75) is 25.5 Å². The third-order valence-corrected chi connectivity index (χ3v) is 4.88. The van der Waals surface area contributed by atoms with Crippen molar-refractivity contribution in [3.05, 3.63) is 52.3 Å². The summed E-state index contributed by atoms with van der Waals surface area (Å²) < 4.78 is 7.40. The van der Waals surface area contributed by atoms with E-state index in [1.165, 1.54) is 0 Å². The predicted octanol–water partition coefficient (Wildman–Crippen LogP) is 1.89. The Hall–Kier alpha value is -1.89. The highest BCUT2D eigenvalue weighted by Crippen LogP contribution is 2.34. The van der Waals surface area contributed by atoms with Gasteiger partial charge >= 0.3 is 0 Å². The number of hydrogen-bond acceptors (Lipinski definition) is 4. The summed E-state index contributed by atoms with van der Waals surface area (Å²) in [4.78, 5) is 14.8. The summed E-state index contributed by atoms with van der Waals surface area (Å²) in [7, 11) is 1.84. The van der Waals surface area contributed by atoms with Gasteiger partial charge in [-0.3, -0.25) is 9.48 Å². The third kappa shape index (κ3) is 3.71. The molecule has 0 spiro atoms. The minimum Gasteiger partial charge on any atom is -0.394 e. The normalized spacial score (nSPS) is 20.7. The molecule has 3 rings (SSSR count). The molecule has 2 aromatic rings. The Balaban J connectivity index is 1.90. The van der Waals surface area contributed by atoms with Gasteiger partial charge in [-0.2, -0.15) is 5.10 Å². The van der Waals surface area contributed by atoms with Gasteiger partial charge in [0.05, 0.1) is 31.4 Å². The first-order chi connectivity index (χ1) is 12.0. The van der Waals surface area contributed by atoms with E-state index >= 15 is 0 Å². The number of carbonyl (C=O) groups excluding carboxylic acids is 1. The monoisotopic (exact) mass is 363 g/mol. The quantitative estimate of drug-likeness (QED) is 0.900. The van der Waals surface area contributed by atoms with Crippen molar-refractivity contribution in [3.63, 3.8) is 0 Å². The van der Waals surface area contributed by atoms with Crippen LogP contribution in [0.1, 0.15) is 22.9 Å². The van der Waals surface area contributed by atoms with E-state index in [-0.39, 0.29) is 18.9 Å². The lowest BCUT2D eigenvalue weighted by atomic mass is 9.97. The van der Waals surface area contributed by atoms with Crippen LogP contribution in [-0.2, 0) is 23.0 Å². The van der Waals surface area contributed by atoms with Gasteiger partial charge < -0.3 is 14.7 Å². The second-order valence-corrected chi connectivity index (χ2v) is 6.64. The molecule has 0 bridgehead atoms. The molecule has 2 heterocycles. The predicted molar refractivity (Wildman–Crippen MR) is 94.4 cm³/mol. The summed E-state index contributed by atoms with van der Waals surface area (Å²) in [6.07, 6.45) is 1.63. The van der Waals surface area contributed by atoms with Crippen LogP contribution in [0, 0.1) is 6.92 Å². The number of nitrogens with zero attached hydrogens (tertiary/aromatic N) is 3. The molecule has 2 atom stereocenters. The van der Waals surface area contributed by atoms with Gasteiger partial charge in [-0.25, -0.2) is 0 Å². The van der Waals surface area contributed by atoms with Gasteiger partial charge in [0.15, 0.2) is 0 Å². The molecule has 0 unspecified atom stereocenters. The molecule has 1 aromatic heterocycles. The van der Waals surface area contributed by atoms with Gasteiger partial charge in [0.1, 0.15) is 6.10 Å². The van der Waals surface area contributed by atoms with Gasteiger partial charge in [-0.1, -0.05) is 29.8 Å². The zero-order valence-electron chi connectivity index (χ0n) is 14.4. The lowest BCUT2D eigenvalue weighted by Crippen LogP contribution is -2.50. The lowest BCUT2D eigenvalue weighted by molar-refractivity contribution is -0.149. The van der Waals surface area contributed by atoms with Crippen LogP contribution in [0.3, 0.4) is 0 Å². The van der Waals surface area contributed by atoms with E-state index in [0.717, 1.165) is 16.8 Å². The van der Waals surface area contributed by atoms with Crippen LogP contribution in [0.25, 0.3) is 0 Å². The summed E-state index contributed by atoms with van der Waals surface area (Å²) >= 11 is 6.35. The molecule has 134 valence electrons. The number of rotatable bonds is 4. The Bertz CT molecular complexity index is 762. The molecule has 0 aliphatic carbocycles. The molecular weight excluding hydrogens is 342 g/mol. The summed E-state index contributed by atoms with van der Waals surface area (Å²) in [6.45, 7) is 2.57. The van der Waals surface area contributed by atoms with Gasteiger partial charge in [0.25, 0.3) is 0 Å². The van der Waals surface area contributed by atoms with Crippen molar-refractivity contribution in [2.75, 3.05) is 19.8 Å². The summed E-state index contributed by atoms with van der Waals surface area (Å²) in [6, 6.07) is 6.97. The van der Waals surface area contributed by atoms with E-state index in [1.807, 2.05) is 38.4 Å². The molecule has 1 aliphatic heterocycles. The molecule has 25 heavy (non-hydrogen) atoms. The van der Waals surface area contributed by atoms with E-state index in [2.05, 4.69) is 5.10 Å². The van der Waals surface area contributed by atoms with Gasteiger partial charge in [-0.15, -0.1) is 0 Å². The fourth-order valence-corrected chi connectivity index (χ4v) is 3.58. The maximum absolute atomic E-state index is 13.0. The van der Waals surface area contributed by atoms with Crippen LogP contribution in [0.5, 0.6) is 0 Å². The van der Waals surface area contributed by atoms with E-state index in [1.54, 1.807) is 15.6 Å². The number of aromatic nitrogens is 2. The van der Waals surface area contributed by atoms with Crippen LogP contribution in [0.15, 0.2) is 30.5 Å². The highest BCUT2D eigenvalue weighted by molar-refractivity contribution is 6.31. The average molecular weight is 364 g/mol. The molecule has 7 heteroatoms. The molecular formula is C18H22ClN3O3. The van der Waals surface area contributed by atoms with Crippen LogP contribution in [0.4, 0.5) is 0 Å². The number of aryl methyl sites for hydroxylation is 2. The third-order valence-electron chi connectivity index (χ3n) is 4.53. The number of benzene rings is 1. The summed E-state index contributed by atoms with van der Waals surface area (Å²) in [5, 5.41) is 14.6. The van der Waals surface area contributed by atoms with Gasteiger partial charge in [0, 0.05) is 30.4 Å². The highest BCUT2D eigenvalue weighted by atomic mass is 35.5. The first-order valence-electron chi connectivity index (χ1n) is 8.26. The van der Waals surface area contributed by atoms with Crippen molar-refractivity contribution in [2.24, 2.45) is 7.05 Å². The van der Waals surface area contributed by atoms with Crippen molar-refractivity contribution in [1.29, 1.82) is 0 Å². The minimum atomic E-state index is -0.493. The second-order valence-electron chi connectivity index (χ2n) is 6.24. The molecule has 1 aliphatic rings. The first-order valence-corrected chi connectivity index (χ1v) is 8.64. The number of halogens is 1. The molecule has 1 aromatic carbocycles. The maximum Gasteiger partial charge on any atom is 0.227 e. The molecule has 1 fully saturated rings. The van der Waals surface area contributed by atoms with Crippen LogP contribution < -0.4 is 0 Å². The molecule has 6 nitrogen and oxygen atoms in total. The topological polar surface area (TPSA) is 67.6 Å². The maximum atomic E-state index is 13.0. The van der Waals surface area contributed by atoms with Crippen molar-refractivity contribution >= 4 is 17.5 Å². The number of carbonyl (C=O) groups is 1. The van der Waals surface area contributed by atoms with E-state index in [9.17, 15) is 9.90 Å². The summed E-state index contributed by atoms with van der Waals surface area (Å²) in [5.41, 5.74) is 2.54. The highest BCUT2D eigenvalue weighted by Gasteiger charge is 2.37. The minimum absolute atomic E-state index is 0.0252. The van der Waals surface area contributed by atoms with E-state index in [4.69, 9.17) is 16.3 Å². The number of ether oxygens (including phenoxy) is 1. The molecule has 1 N–H and O–H groups in total. The van der Waals surface area contributed by atoms with Crippen LogP contribution >= 0.6 is 11.6 Å². The Morgan fingerprint density at radius 3 is 2.84 bits per heavy atom.